The van der Waals surface area contributed by atoms with Crippen LogP contribution in [-0.4, -0.2) is 25.7 Å². The number of nitrogens with one attached hydrogen (secondary N) is 1. The number of amides is 1. The highest BCUT2D eigenvalue weighted by molar-refractivity contribution is 6.31. The maximum absolute atomic E-state index is 12.7. The number of rotatable bonds is 4. The topological polar surface area (TPSA) is 68.4 Å². The number of halogens is 2. The van der Waals surface area contributed by atoms with Crippen molar-refractivity contribution < 1.29 is 9.18 Å². The van der Waals surface area contributed by atoms with Crippen LogP contribution in [-0.2, 0) is 11.3 Å². The zero-order valence-electron chi connectivity index (χ0n) is 11.8. The highest BCUT2D eigenvalue weighted by atomic mass is 35.5. The monoisotopic (exact) mass is 334 g/mol. The SMILES string of the molecule is O=C(Nc1cccc(Cn2nc3ccccn3c2=O)c1)C(F)Cl. The van der Waals surface area contributed by atoms with Crippen LogP contribution < -0.4 is 11.0 Å². The Morgan fingerprint density at radius 1 is 1.30 bits per heavy atom. The molecular weight excluding hydrogens is 323 g/mol. The summed E-state index contributed by atoms with van der Waals surface area (Å²) < 4.78 is 15.4. The fraction of sp³-hybridized carbons (Fsp3) is 0.133. The Balaban J connectivity index is 1.86. The van der Waals surface area contributed by atoms with Crippen molar-refractivity contribution in [1.29, 1.82) is 0 Å². The molecule has 2 aromatic heterocycles. The summed E-state index contributed by atoms with van der Waals surface area (Å²) in [5.74, 6) is -0.936. The van der Waals surface area contributed by atoms with E-state index in [2.05, 4.69) is 10.4 Å². The Bertz CT molecular complexity index is 919. The third kappa shape index (κ3) is 3.24. The molecule has 1 unspecified atom stereocenters. The molecule has 6 nitrogen and oxygen atoms in total. The Morgan fingerprint density at radius 2 is 2.13 bits per heavy atom. The zero-order chi connectivity index (χ0) is 16.4. The van der Waals surface area contributed by atoms with E-state index < -0.39 is 11.5 Å². The molecule has 23 heavy (non-hydrogen) atoms. The van der Waals surface area contributed by atoms with Gasteiger partial charge >= 0.3 is 5.69 Å². The van der Waals surface area contributed by atoms with Gasteiger partial charge in [-0.25, -0.2) is 13.9 Å². The van der Waals surface area contributed by atoms with Gasteiger partial charge in [0.1, 0.15) is 0 Å². The lowest BCUT2D eigenvalue weighted by atomic mass is 10.2. The fourth-order valence-corrected chi connectivity index (χ4v) is 2.24. The van der Waals surface area contributed by atoms with Gasteiger partial charge in [-0.2, -0.15) is 0 Å². The van der Waals surface area contributed by atoms with Crippen molar-refractivity contribution in [2.45, 2.75) is 12.2 Å². The molecule has 3 rings (SSSR count). The van der Waals surface area contributed by atoms with Crippen molar-refractivity contribution in [2.75, 3.05) is 5.32 Å². The minimum atomic E-state index is -2.11. The fourth-order valence-electron chi connectivity index (χ4n) is 2.19. The van der Waals surface area contributed by atoms with Crippen molar-refractivity contribution in [3.8, 4) is 0 Å². The number of nitrogens with zero attached hydrogens (tertiary/aromatic N) is 3. The molecule has 0 saturated carbocycles. The summed E-state index contributed by atoms with van der Waals surface area (Å²) >= 11 is 5.08. The summed E-state index contributed by atoms with van der Waals surface area (Å²) in [7, 11) is 0. The summed E-state index contributed by atoms with van der Waals surface area (Å²) in [6.45, 7) is 0.226. The first kappa shape index (κ1) is 15.2. The summed E-state index contributed by atoms with van der Waals surface area (Å²) in [6.07, 6.45) is 1.64. The number of carbonyl (C=O) groups is 1. The molecule has 0 radical (unpaired) electrons. The van der Waals surface area contributed by atoms with E-state index in [1.54, 1.807) is 48.7 Å². The minimum Gasteiger partial charge on any atom is -0.322 e. The number of hydrogen-bond acceptors (Lipinski definition) is 3. The lowest BCUT2D eigenvalue weighted by Crippen LogP contribution is -2.22. The molecule has 0 spiro atoms. The van der Waals surface area contributed by atoms with Gasteiger partial charge in [0.2, 0.25) is 0 Å². The van der Waals surface area contributed by atoms with Crippen LogP contribution in [0.1, 0.15) is 5.56 Å². The predicted molar refractivity (Wildman–Crippen MR) is 84.4 cm³/mol. The highest BCUT2D eigenvalue weighted by Crippen LogP contribution is 2.13. The van der Waals surface area contributed by atoms with Gasteiger partial charge < -0.3 is 5.32 Å². The smallest absolute Gasteiger partial charge is 0.322 e. The lowest BCUT2D eigenvalue weighted by Gasteiger charge is -2.07. The van der Waals surface area contributed by atoms with E-state index in [9.17, 15) is 14.0 Å². The van der Waals surface area contributed by atoms with Crippen LogP contribution in [0.25, 0.3) is 5.65 Å². The average Bonchev–Trinajstić information content (AvgIpc) is 2.84. The Morgan fingerprint density at radius 3 is 2.87 bits per heavy atom. The molecule has 0 aliphatic rings. The van der Waals surface area contributed by atoms with Gasteiger partial charge in [0, 0.05) is 11.9 Å². The Labute approximate surface area is 135 Å². The standard InChI is InChI=1S/C15H12ClFN4O2/c16-13(17)14(22)18-11-5-3-4-10(8-11)9-21-15(23)20-7-2-1-6-12(20)19-21/h1-8,13H,9H2,(H,18,22). The van der Waals surface area contributed by atoms with Crippen LogP contribution in [0.2, 0.25) is 0 Å². The average molecular weight is 335 g/mol. The molecule has 3 aromatic rings. The van der Waals surface area contributed by atoms with Gasteiger partial charge in [0.25, 0.3) is 11.5 Å². The van der Waals surface area contributed by atoms with Gasteiger partial charge in [0.15, 0.2) is 5.65 Å². The van der Waals surface area contributed by atoms with Crippen molar-refractivity contribution in [3.63, 3.8) is 0 Å². The van der Waals surface area contributed by atoms with Crippen molar-refractivity contribution in [2.24, 2.45) is 0 Å². The molecule has 1 amide bonds. The van der Waals surface area contributed by atoms with Crippen LogP contribution >= 0.6 is 11.6 Å². The van der Waals surface area contributed by atoms with Gasteiger partial charge in [-0.1, -0.05) is 29.8 Å². The molecule has 2 heterocycles. The second-order valence-electron chi connectivity index (χ2n) is 4.86. The van der Waals surface area contributed by atoms with Crippen molar-refractivity contribution >= 4 is 28.8 Å². The second-order valence-corrected chi connectivity index (χ2v) is 5.24. The van der Waals surface area contributed by atoms with E-state index in [1.807, 2.05) is 0 Å². The van der Waals surface area contributed by atoms with Crippen LogP contribution in [0.3, 0.4) is 0 Å². The first-order valence-electron chi connectivity index (χ1n) is 6.77. The van der Waals surface area contributed by atoms with Crippen molar-refractivity contribution in [3.05, 3.63) is 64.7 Å². The summed E-state index contributed by atoms with van der Waals surface area (Å²) in [4.78, 5) is 23.5. The van der Waals surface area contributed by atoms with E-state index in [-0.39, 0.29) is 12.2 Å². The Hall–Kier alpha value is -2.67. The third-order valence-electron chi connectivity index (χ3n) is 3.21. The molecule has 118 valence electrons. The quantitative estimate of drug-likeness (QED) is 0.742. The van der Waals surface area contributed by atoms with Crippen LogP contribution in [0.15, 0.2) is 53.5 Å². The van der Waals surface area contributed by atoms with Gasteiger partial charge in [-0.3, -0.25) is 9.20 Å². The number of pyridine rings is 1. The van der Waals surface area contributed by atoms with Crippen LogP contribution in [0.5, 0.6) is 0 Å². The second kappa shape index (κ2) is 6.21. The molecule has 1 atom stereocenters. The number of carbonyl (C=O) groups excluding carboxylic acids is 1. The number of aromatic nitrogens is 3. The number of hydrogen-bond donors (Lipinski definition) is 1. The number of anilines is 1. The molecule has 0 aliphatic carbocycles. The number of benzene rings is 1. The summed E-state index contributed by atoms with van der Waals surface area (Å²) in [6, 6.07) is 12.0. The zero-order valence-corrected chi connectivity index (χ0v) is 12.6. The molecule has 1 aromatic carbocycles. The first-order chi connectivity index (χ1) is 11.0. The predicted octanol–water partition coefficient (Wildman–Crippen LogP) is 2.02. The first-order valence-corrected chi connectivity index (χ1v) is 7.20. The van der Waals surface area contributed by atoms with E-state index >= 15 is 0 Å². The summed E-state index contributed by atoms with van der Waals surface area (Å²) in [5.41, 5.74) is -0.699. The van der Waals surface area contributed by atoms with E-state index in [0.29, 0.717) is 11.3 Å². The molecular formula is C15H12ClFN4O2. The number of fused-ring (bicyclic) bond motifs is 1. The van der Waals surface area contributed by atoms with E-state index in [0.717, 1.165) is 5.56 Å². The maximum Gasteiger partial charge on any atom is 0.350 e. The van der Waals surface area contributed by atoms with Gasteiger partial charge in [0.05, 0.1) is 6.54 Å². The maximum atomic E-state index is 12.7. The minimum absolute atomic E-state index is 0.226. The highest BCUT2D eigenvalue weighted by Gasteiger charge is 2.13. The normalized spacial score (nSPS) is 12.3. The molecule has 8 heteroatoms. The summed E-state index contributed by atoms with van der Waals surface area (Å²) in [5, 5.41) is 6.57. The molecule has 1 N–H and O–H groups in total. The molecule has 0 aliphatic heterocycles. The number of alkyl halides is 2. The van der Waals surface area contributed by atoms with Crippen LogP contribution in [0, 0.1) is 0 Å². The molecule has 0 bridgehead atoms. The van der Waals surface area contributed by atoms with Crippen LogP contribution in [0.4, 0.5) is 10.1 Å². The lowest BCUT2D eigenvalue weighted by molar-refractivity contribution is -0.118. The Kier molecular flexibility index (Phi) is 4.12. The van der Waals surface area contributed by atoms with E-state index in [4.69, 9.17) is 11.6 Å². The van der Waals surface area contributed by atoms with Crippen molar-refractivity contribution in [1.82, 2.24) is 14.2 Å². The van der Waals surface area contributed by atoms with Gasteiger partial charge in [-0.15, -0.1) is 5.10 Å². The third-order valence-corrected chi connectivity index (χ3v) is 3.41. The molecule has 0 fully saturated rings. The van der Waals surface area contributed by atoms with Gasteiger partial charge in [-0.05, 0) is 29.8 Å². The van der Waals surface area contributed by atoms with E-state index in [1.165, 1.54) is 9.08 Å². The molecule has 0 saturated heterocycles. The largest absolute Gasteiger partial charge is 0.350 e.